The molecule has 0 aliphatic heterocycles. The third-order valence-corrected chi connectivity index (χ3v) is 3.75. The zero-order valence-electron chi connectivity index (χ0n) is 11.2. The largest absolute Gasteiger partial charge is 0.506 e. The highest BCUT2D eigenvalue weighted by Crippen LogP contribution is 2.23. The monoisotopic (exact) mass is 270 g/mol. The van der Waals surface area contributed by atoms with Gasteiger partial charge in [0.15, 0.2) is 0 Å². The van der Waals surface area contributed by atoms with Crippen LogP contribution in [0.5, 0.6) is 5.75 Å². The number of hydrogen-bond acceptors (Lipinski definition) is 5. The smallest absolute Gasteiger partial charge is 0.141 e. The molecule has 18 heavy (non-hydrogen) atoms. The summed E-state index contributed by atoms with van der Waals surface area (Å²) >= 11 is 1.83. The molecule has 5 heteroatoms. The average molecular weight is 270 g/mol. The zero-order chi connectivity index (χ0) is 13.5. The van der Waals surface area contributed by atoms with E-state index in [2.05, 4.69) is 23.5 Å². The summed E-state index contributed by atoms with van der Waals surface area (Å²) in [5.74, 6) is 1.88. The summed E-state index contributed by atoms with van der Waals surface area (Å²) in [7, 11) is 0. The lowest BCUT2D eigenvalue weighted by Crippen LogP contribution is -2.23. The van der Waals surface area contributed by atoms with E-state index in [1.807, 2.05) is 11.8 Å². The Hall–Kier alpha value is -0.780. The van der Waals surface area contributed by atoms with E-state index in [9.17, 15) is 10.2 Å². The van der Waals surface area contributed by atoms with Crippen LogP contribution in [-0.4, -0.2) is 33.8 Å². The van der Waals surface area contributed by atoms with Gasteiger partial charge in [-0.05, 0) is 31.4 Å². The topological polar surface area (TPSA) is 65.4 Å². The second kappa shape index (κ2) is 7.61. The van der Waals surface area contributed by atoms with E-state index >= 15 is 0 Å². The van der Waals surface area contributed by atoms with Crippen molar-refractivity contribution >= 4 is 11.8 Å². The van der Waals surface area contributed by atoms with E-state index in [0.717, 1.165) is 17.9 Å². The quantitative estimate of drug-likeness (QED) is 0.703. The SMILES string of the molecule is CSCC(C)CNCc1c(CO)cnc(C)c1O. The molecular formula is C13H22N2O2S. The lowest BCUT2D eigenvalue weighted by molar-refractivity contribution is 0.278. The van der Waals surface area contributed by atoms with Crippen LogP contribution in [0, 0.1) is 12.8 Å². The molecule has 0 aliphatic carbocycles. The highest BCUT2D eigenvalue weighted by atomic mass is 32.2. The third kappa shape index (κ3) is 4.15. The molecule has 0 aliphatic rings. The molecule has 0 saturated carbocycles. The van der Waals surface area contributed by atoms with Crippen LogP contribution in [0.2, 0.25) is 0 Å². The summed E-state index contributed by atoms with van der Waals surface area (Å²) in [6, 6.07) is 0. The molecule has 0 bridgehead atoms. The van der Waals surface area contributed by atoms with E-state index in [4.69, 9.17) is 0 Å². The summed E-state index contributed by atoms with van der Waals surface area (Å²) in [5.41, 5.74) is 2.03. The van der Waals surface area contributed by atoms with Crippen molar-refractivity contribution in [1.29, 1.82) is 0 Å². The maximum absolute atomic E-state index is 9.96. The molecule has 0 spiro atoms. The Morgan fingerprint density at radius 3 is 2.83 bits per heavy atom. The second-order valence-electron chi connectivity index (χ2n) is 4.55. The number of aliphatic hydroxyl groups excluding tert-OH is 1. The van der Waals surface area contributed by atoms with Crippen molar-refractivity contribution < 1.29 is 10.2 Å². The van der Waals surface area contributed by atoms with Gasteiger partial charge in [-0.2, -0.15) is 11.8 Å². The summed E-state index contributed by atoms with van der Waals surface area (Å²) in [6.07, 6.45) is 3.72. The fraction of sp³-hybridized carbons (Fsp3) is 0.615. The number of aromatic hydroxyl groups is 1. The molecule has 1 unspecified atom stereocenters. The van der Waals surface area contributed by atoms with Crippen molar-refractivity contribution in [2.24, 2.45) is 5.92 Å². The molecule has 1 aromatic rings. The van der Waals surface area contributed by atoms with Crippen molar-refractivity contribution in [1.82, 2.24) is 10.3 Å². The van der Waals surface area contributed by atoms with Crippen molar-refractivity contribution in [2.75, 3.05) is 18.6 Å². The normalized spacial score (nSPS) is 12.7. The van der Waals surface area contributed by atoms with Crippen LogP contribution < -0.4 is 5.32 Å². The first kappa shape index (κ1) is 15.3. The number of rotatable bonds is 7. The molecule has 0 radical (unpaired) electrons. The van der Waals surface area contributed by atoms with Crippen molar-refractivity contribution in [3.63, 3.8) is 0 Å². The van der Waals surface area contributed by atoms with E-state index in [1.54, 1.807) is 13.1 Å². The average Bonchev–Trinajstić information content (AvgIpc) is 2.35. The number of pyridine rings is 1. The fourth-order valence-electron chi connectivity index (χ4n) is 1.80. The van der Waals surface area contributed by atoms with Crippen LogP contribution >= 0.6 is 11.8 Å². The van der Waals surface area contributed by atoms with Gasteiger partial charge < -0.3 is 15.5 Å². The maximum Gasteiger partial charge on any atom is 0.141 e. The van der Waals surface area contributed by atoms with Gasteiger partial charge in [0.2, 0.25) is 0 Å². The number of nitrogens with zero attached hydrogens (tertiary/aromatic N) is 1. The summed E-state index contributed by atoms with van der Waals surface area (Å²) < 4.78 is 0. The van der Waals surface area contributed by atoms with Crippen LogP contribution in [-0.2, 0) is 13.2 Å². The Labute approximate surface area is 113 Å². The van der Waals surface area contributed by atoms with Crippen LogP contribution in [0.15, 0.2) is 6.20 Å². The molecular weight excluding hydrogens is 248 g/mol. The molecule has 0 amide bonds. The van der Waals surface area contributed by atoms with Gasteiger partial charge in [-0.3, -0.25) is 4.98 Å². The molecule has 0 saturated heterocycles. The standard InChI is InChI=1S/C13H22N2O2S/c1-9(8-18-3)4-14-6-12-11(7-16)5-15-10(2)13(12)17/h5,9,14,16-17H,4,6-8H2,1-3H3. The number of hydrogen-bond donors (Lipinski definition) is 3. The molecule has 0 aromatic carbocycles. The molecule has 1 aromatic heterocycles. The molecule has 4 nitrogen and oxygen atoms in total. The predicted octanol–water partition coefficient (Wildman–Crippen LogP) is 1.68. The van der Waals surface area contributed by atoms with Crippen molar-refractivity contribution in [3.8, 4) is 5.75 Å². The highest BCUT2D eigenvalue weighted by Gasteiger charge is 2.11. The van der Waals surface area contributed by atoms with Crippen molar-refractivity contribution in [3.05, 3.63) is 23.0 Å². The maximum atomic E-state index is 9.96. The first-order valence-corrected chi connectivity index (χ1v) is 7.46. The second-order valence-corrected chi connectivity index (χ2v) is 5.46. The van der Waals surface area contributed by atoms with Gasteiger partial charge in [0.1, 0.15) is 5.75 Å². The van der Waals surface area contributed by atoms with Crippen LogP contribution in [0.4, 0.5) is 0 Å². The van der Waals surface area contributed by atoms with Crippen LogP contribution in [0.3, 0.4) is 0 Å². The predicted molar refractivity (Wildman–Crippen MR) is 75.8 cm³/mol. The molecule has 1 heterocycles. The zero-order valence-corrected chi connectivity index (χ0v) is 12.0. The van der Waals surface area contributed by atoms with Gasteiger partial charge in [-0.15, -0.1) is 0 Å². The highest BCUT2D eigenvalue weighted by molar-refractivity contribution is 7.98. The molecule has 1 atom stereocenters. The minimum absolute atomic E-state index is 0.0990. The van der Waals surface area contributed by atoms with Gasteiger partial charge in [-0.1, -0.05) is 6.92 Å². The minimum Gasteiger partial charge on any atom is -0.506 e. The van der Waals surface area contributed by atoms with E-state index in [1.165, 1.54) is 0 Å². The number of aryl methyl sites for hydroxylation is 1. The fourth-order valence-corrected chi connectivity index (χ4v) is 2.49. The minimum atomic E-state index is -0.0990. The van der Waals surface area contributed by atoms with E-state index in [-0.39, 0.29) is 12.4 Å². The Kier molecular flexibility index (Phi) is 6.46. The first-order chi connectivity index (χ1) is 8.60. The van der Waals surface area contributed by atoms with Gasteiger partial charge >= 0.3 is 0 Å². The molecule has 3 N–H and O–H groups in total. The van der Waals surface area contributed by atoms with Gasteiger partial charge in [0, 0.05) is 23.9 Å². The van der Waals surface area contributed by atoms with E-state index in [0.29, 0.717) is 23.7 Å². The Balaban J connectivity index is 2.63. The summed E-state index contributed by atoms with van der Waals surface area (Å²) in [4.78, 5) is 4.04. The Morgan fingerprint density at radius 1 is 1.50 bits per heavy atom. The summed E-state index contributed by atoms with van der Waals surface area (Å²) in [5, 5.41) is 22.5. The number of aliphatic hydroxyl groups is 1. The van der Waals surface area contributed by atoms with Crippen LogP contribution in [0.25, 0.3) is 0 Å². The molecule has 1 rings (SSSR count). The summed E-state index contributed by atoms with van der Waals surface area (Å²) in [6.45, 7) is 5.30. The van der Waals surface area contributed by atoms with E-state index < -0.39 is 0 Å². The molecule has 0 fully saturated rings. The van der Waals surface area contributed by atoms with Crippen molar-refractivity contribution in [2.45, 2.75) is 27.0 Å². The number of aromatic nitrogens is 1. The molecule has 102 valence electrons. The Morgan fingerprint density at radius 2 is 2.22 bits per heavy atom. The Bertz CT molecular complexity index is 385. The van der Waals surface area contributed by atoms with Crippen LogP contribution in [0.1, 0.15) is 23.7 Å². The van der Waals surface area contributed by atoms with Gasteiger partial charge in [0.25, 0.3) is 0 Å². The number of nitrogens with one attached hydrogen (secondary N) is 1. The van der Waals surface area contributed by atoms with Gasteiger partial charge in [-0.25, -0.2) is 0 Å². The first-order valence-electron chi connectivity index (χ1n) is 6.07. The number of thioether (sulfide) groups is 1. The lowest BCUT2D eigenvalue weighted by atomic mass is 10.1. The van der Waals surface area contributed by atoms with Gasteiger partial charge in [0.05, 0.1) is 12.3 Å². The lowest BCUT2D eigenvalue weighted by Gasteiger charge is -2.14. The third-order valence-electron chi connectivity index (χ3n) is 2.85.